The topological polar surface area (TPSA) is 32.7 Å². The first-order valence-corrected chi connectivity index (χ1v) is 4.67. The monoisotopic (exact) mass is 175 g/mol. The molecule has 0 aromatic carbocycles. The van der Waals surface area contributed by atoms with Gasteiger partial charge in [0, 0.05) is 26.8 Å². The quantitative estimate of drug-likeness (QED) is 0.552. The van der Waals surface area contributed by atoms with Crippen molar-refractivity contribution in [2.24, 2.45) is 0 Å². The van der Waals surface area contributed by atoms with Crippen LogP contribution in [0.3, 0.4) is 0 Å². The zero-order chi connectivity index (χ0) is 9.23. The Labute approximate surface area is 75.3 Å². The van der Waals surface area contributed by atoms with Gasteiger partial charge >= 0.3 is 0 Å². The van der Waals surface area contributed by atoms with Gasteiger partial charge in [0.05, 0.1) is 6.61 Å². The van der Waals surface area contributed by atoms with Gasteiger partial charge in [-0.1, -0.05) is 6.92 Å². The fraction of sp³-hybridized carbons (Fsp3) is 1.00. The van der Waals surface area contributed by atoms with Crippen LogP contribution < -0.4 is 0 Å². The Balaban J connectivity index is 3.34. The van der Waals surface area contributed by atoms with E-state index in [1.807, 2.05) is 0 Å². The lowest BCUT2D eigenvalue weighted by atomic mass is 10.3. The molecule has 0 saturated carbocycles. The fourth-order valence-corrected chi connectivity index (χ4v) is 1.23. The highest BCUT2D eigenvalue weighted by molar-refractivity contribution is 4.55. The molecule has 0 atom stereocenters. The lowest BCUT2D eigenvalue weighted by molar-refractivity contribution is 0.156. The molecule has 3 nitrogen and oxygen atoms in total. The van der Waals surface area contributed by atoms with E-state index in [9.17, 15) is 0 Å². The Bertz CT molecular complexity index is 82.6. The first-order chi connectivity index (χ1) is 5.85. The third kappa shape index (κ3) is 6.58. The average Bonchev–Trinajstić information content (AvgIpc) is 2.06. The van der Waals surface area contributed by atoms with Gasteiger partial charge in [-0.3, -0.25) is 0 Å². The second kappa shape index (κ2) is 8.97. The van der Waals surface area contributed by atoms with E-state index in [0.29, 0.717) is 0 Å². The summed E-state index contributed by atoms with van der Waals surface area (Å²) in [5, 5.41) is 8.75. The molecule has 0 saturated heterocycles. The van der Waals surface area contributed by atoms with E-state index < -0.39 is 0 Å². The second-order valence-electron chi connectivity index (χ2n) is 2.91. The molecule has 0 rings (SSSR count). The highest BCUT2D eigenvalue weighted by Crippen LogP contribution is 1.93. The molecule has 0 aromatic rings. The fourth-order valence-electron chi connectivity index (χ4n) is 1.23. The van der Waals surface area contributed by atoms with E-state index >= 15 is 0 Å². The SMILES string of the molecule is CCCN(CCO)CCCOC. The summed E-state index contributed by atoms with van der Waals surface area (Å²) in [5.41, 5.74) is 0. The third-order valence-corrected chi connectivity index (χ3v) is 1.78. The first-order valence-electron chi connectivity index (χ1n) is 4.67. The van der Waals surface area contributed by atoms with Crippen LogP contribution in [-0.2, 0) is 4.74 Å². The minimum atomic E-state index is 0.257. The van der Waals surface area contributed by atoms with Gasteiger partial charge in [-0.2, -0.15) is 0 Å². The Morgan fingerprint density at radius 2 is 2.00 bits per heavy atom. The van der Waals surface area contributed by atoms with Gasteiger partial charge in [0.15, 0.2) is 0 Å². The maximum Gasteiger partial charge on any atom is 0.0558 e. The van der Waals surface area contributed by atoms with Crippen LogP contribution in [0.1, 0.15) is 19.8 Å². The molecule has 0 aliphatic rings. The number of aliphatic hydroxyl groups excluding tert-OH is 1. The number of hydrogen-bond donors (Lipinski definition) is 1. The number of methoxy groups -OCH3 is 1. The third-order valence-electron chi connectivity index (χ3n) is 1.78. The van der Waals surface area contributed by atoms with Gasteiger partial charge in [0.25, 0.3) is 0 Å². The molecule has 0 amide bonds. The maximum atomic E-state index is 8.75. The van der Waals surface area contributed by atoms with Crippen molar-refractivity contribution in [2.45, 2.75) is 19.8 Å². The normalized spacial score (nSPS) is 11.0. The van der Waals surface area contributed by atoms with Crippen molar-refractivity contribution < 1.29 is 9.84 Å². The smallest absolute Gasteiger partial charge is 0.0558 e. The Morgan fingerprint density at radius 3 is 2.50 bits per heavy atom. The van der Waals surface area contributed by atoms with Crippen molar-refractivity contribution in [3.05, 3.63) is 0 Å². The standard InChI is InChI=1S/C9H21NO2/c1-3-5-10(7-8-11)6-4-9-12-2/h11H,3-9H2,1-2H3. The summed E-state index contributed by atoms with van der Waals surface area (Å²) >= 11 is 0. The molecule has 0 bridgehead atoms. The van der Waals surface area contributed by atoms with Crippen LogP contribution in [0.2, 0.25) is 0 Å². The molecule has 0 spiro atoms. The predicted molar refractivity (Wildman–Crippen MR) is 50.3 cm³/mol. The minimum absolute atomic E-state index is 0.257. The molecular weight excluding hydrogens is 154 g/mol. The second-order valence-corrected chi connectivity index (χ2v) is 2.91. The summed E-state index contributed by atoms with van der Waals surface area (Å²) in [6.45, 7) is 6.11. The molecule has 74 valence electrons. The van der Waals surface area contributed by atoms with Gasteiger partial charge < -0.3 is 14.7 Å². The van der Waals surface area contributed by atoms with Crippen molar-refractivity contribution >= 4 is 0 Å². The van der Waals surface area contributed by atoms with Gasteiger partial charge in [0.1, 0.15) is 0 Å². The molecule has 3 heteroatoms. The molecule has 0 aromatic heterocycles. The molecule has 0 radical (unpaired) electrons. The van der Waals surface area contributed by atoms with E-state index in [-0.39, 0.29) is 6.61 Å². The van der Waals surface area contributed by atoms with Gasteiger partial charge in [-0.15, -0.1) is 0 Å². The van der Waals surface area contributed by atoms with Crippen LogP contribution in [-0.4, -0.2) is 50.0 Å². The molecule has 0 fully saturated rings. The molecule has 12 heavy (non-hydrogen) atoms. The van der Waals surface area contributed by atoms with Crippen molar-refractivity contribution in [2.75, 3.05) is 40.0 Å². The summed E-state index contributed by atoms with van der Waals surface area (Å²) < 4.78 is 4.96. The number of ether oxygens (including phenoxy) is 1. The highest BCUT2D eigenvalue weighted by atomic mass is 16.5. The highest BCUT2D eigenvalue weighted by Gasteiger charge is 2.01. The molecule has 0 heterocycles. The molecule has 0 unspecified atom stereocenters. The van der Waals surface area contributed by atoms with E-state index in [4.69, 9.17) is 9.84 Å². The predicted octanol–water partition coefficient (Wildman–Crippen LogP) is 0.727. The number of hydrogen-bond acceptors (Lipinski definition) is 3. The lowest BCUT2D eigenvalue weighted by Crippen LogP contribution is -2.29. The summed E-state index contributed by atoms with van der Waals surface area (Å²) in [5.74, 6) is 0. The van der Waals surface area contributed by atoms with Crippen LogP contribution in [0.25, 0.3) is 0 Å². The number of nitrogens with zero attached hydrogens (tertiary/aromatic N) is 1. The van der Waals surface area contributed by atoms with Crippen molar-refractivity contribution in [3.63, 3.8) is 0 Å². The molecule has 0 aliphatic heterocycles. The van der Waals surface area contributed by atoms with Crippen molar-refractivity contribution in [3.8, 4) is 0 Å². The van der Waals surface area contributed by atoms with Gasteiger partial charge in [-0.25, -0.2) is 0 Å². The Kier molecular flexibility index (Phi) is 8.88. The largest absolute Gasteiger partial charge is 0.395 e. The van der Waals surface area contributed by atoms with Crippen LogP contribution >= 0.6 is 0 Å². The van der Waals surface area contributed by atoms with Crippen LogP contribution in [0.4, 0.5) is 0 Å². The first kappa shape index (κ1) is 11.9. The van der Waals surface area contributed by atoms with E-state index in [1.165, 1.54) is 0 Å². The zero-order valence-electron chi connectivity index (χ0n) is 8.25. The van der Waals surface area contributed by atoms with Crippen LogP contribution in [0.5, 0.6) is 0 Å². The van der Waals surface area contributed by atoms with E-state index in [2.05, 4.69) is 11.8 Å². The van der Waals surface area contributed by atoms with E-state index in [1.54, 1.807) is 7.11 Å². The van der Waals surface area contributed by atoms with Gasteiger partial charge in [0.2, 0.25) is 0 Å². The summed E-state index contributed by atoms with van der Waals surface area (Å²) in [6.07, 6.45) is 2.20. The summed E-state index contributed by atoms with van der Waals surface area (Å²) in [6, 6.07) is 0. The molecular formula is C9H21NO2. The van der Waals surface area contributed by atoms with Crippen molar-refractivity contribution in [1.82, 2.24) is 4.90 Å². The lowest BCUT2D eigenvalue weighted by Gasteiger charge is -2.19. The average molecular weight is 175 g/mol. The molecule has 1 N–H and O–H groups in total. The van der Waals surface area contributed by atoms with Crippen molar-refractivity contribution in [1.29, 1.82) is 0 Å². The van der Waals surface area contributed by atoms with Gasteiger partial charge in [-0.05, 0) is 19.4 Å². The summed E-state index contributed by atoms with van der Waals surface area (Å²) in [7, 11) is 1.72. The van der Waals surface area contributed by atoms with Crippen LogP contribution in [0, 0.1) is 0 Å². The van der Waals surface area contributed by atoms with E-state index in [0.717, 1.165) is 39.1 Å². The van der Waals surface area contributed by atoms with Crippen LogP contribution in [0.15, 0.2) is 0 Å². The number of aliphatic hydroxyl groups is 1. The Hall–Kier alpha value is -0.120. The molecule has 0 aliphatic carbocycles. The minimum Gasteiger partial charge on any atom is -0.395 e. The number of rotatable bonds is 8. The Morgan fingerprint density at radius 1 is 1.25 bits per heavy atom. The maximum absolute atomic E-state index is 8.75. The zero-order valence-corrected chi connectivity index (χ0v) is 8.25. The summed E-state index contributed by atoms with van der Waals surface area (Å²) in [4.78, 5) is 2.26.